The zero-order valence-electron chi connectivity index (χ0n) is 11.5. The third kappa shape index (κ3) is 2.72. The van der Waals surface area contributed by atoms with E-state index in [4.69, 9.17) is 0 Å². The number of aromatic amines is 1. The van der Waals surface area contributed by atoms with Crippen LogP contribution in [0.2, 0.25) is 0 Å². The first-order chi connectivity index (χ1) is 9.63. The van der Waals surface area contributed by atoms with Crippen molar-refractivity contribution < 1.29 is 0 Å². The number of imidazole rings is 1. The number of hydrogen-bond donors (Lipinski definition) is 2. The summed E-state index contributed by atoms with van der Waals surface area (Å²) in [5.41, 5.74) is 1.16. The third-order valence-electron chi connectivity index (χ3n) is 2.77. The summed E-state index contributed by atoms with van der Waals surface area (Å²) in [6.45, 7) is 6.94. The number of H-pyrrole nitrogens is 1. The van der Waals surface area contributed by atoms with Crippen molar-refractivity contribution in [1.29, 1.82) is 0 Å². The van der Waals surface area contributed by atoms with Crippen LogP contribution in [0, 0.1) is 6.92 Å². The smallest absolute Gasteiger partial charge is 0.214 e. The summed E-state index contributed by atoms with van der Waals surface area (Å²) < 4.78 is 2.13. The van der Waals surface area contributed by atoms with E-state index in [1.54, 1.807) is 11.3 Å². The molecule has 20 heavy (non-hydrogen) atoms. The minimum Gasteiger partial charge on any atom is -0.309 e. The lowest BCUT2D eigenvalue weighted by Gasteiger charge is -2.08. The molecule has 0 aliphatic heterocycles. The summed E-state index contributed by atoms with van der Waals surface area (Å²) in [6.07, 6.45) is 2.05. The molecule has 3 aromatic rings. The molecule has 3 aromatic heterocycles. The second-order valence-electron chi connectivity index (χ2n) is 4.76. The van der Waals surface area contributed by atoms with Gasteiger partial charge in [0, 0.05) is 24.2 Å². The van der Waals surface area contributed by atoms with Gasteiger partial charge in [-0.05, 0) is 18.7 Å². The van der Waals surface area contributed by atoms with Gasteiger partial charge >= 0.3 is 0 Å². The van der Waals surface area contributed by atoms with Gasteiger partial charge in [0.2, 0.25) is 5.16 Å². The van der Waals surface area contributed by atoms with Crippen molar-refractivity contribution in [3.05, 3.63) is 23.1 Å². The normalized spacial score (nSPS) is 11.8. The lowest BCUT2D eigenvalue weighted by molar-refractivity contribution is 0.574. The van der Waals surface area contributed by atoms with Gasteiger partial charge in [-0.1, -0.05) is 13.8 Å². The highest BCUT2D eigenvalue weighted by atomic mass is 32.2. The Balaban J connectivity index is 1.92. The molecule has 0 amide bonds. The molecule has 0 unspecified atom stereocenters. The Bertz CT molecular complexity index is 710. The number of nitrogens with one attached hydrogen (secondary N) is 2. The topological polar surface area (TPSA) is 70.9 Å². The fraction of sp³-hybridized carbons (Fsp3) is 0.417. The summed E-state index contributed by atoms with van der Waals surface area (Å²) in [4.78, 5) is 9.99. The van der Waals surface area contributed by atoms with Crippen molar-refractivity contribution in [2.45, 2.75) is 43.5 Å². The van der Waals surface area contributed by atoms with E-state index in [0.717, 1.165) is 28.0 Å². The van der Waals surface area contributed by atoms with Gasteiger partial charge in [-0.15, -0.1) is 16.4 Å². The molecular formula is C12H16N6S2. The standard InChI is InChI=1S/C12H16N6S2/c1-7(2)13-6-9-10(15-12-18(9)4-5-19-12)20-11-14-8(3)16-17-11/h4-5,7,13H,6H2,1-3H3,(H,14,16,17). The van der Waals surface area contributed by atoms with Gasteiger partial charge in [0.25, 0.3) is 0 Å². The number of nitrogens with zero attached hydrogens (tertiary/aromatic N) is 4. The Labute approximate surface area is 125 Å². The van der Waals surface area contributed by atoms with Gasteiger partial charge < -0.3 is 5.32 Å². The second kappa shape index (κ2) is 5.55. The third-order valence-corrected chi connectivity index (χ3v) is 4.41. The van der Waals surface area contributed by atoms with Gasteiger partial charge in [0.15, 0.2) is 4.96 Å². The van der Waals surface area contributed by atoms with Crippen LogP contribution in [0.15, 0.2) is 21.8 Å². The van der Waals surface area contributed by atoms with Gasteiger partial charge in [-0.3, -0.25) is 9.50 Å². The fourth-order valence-electron chi connectivity index (χ4n) is 1.81. The maximum Gasteiger partial charge on any atom is 0.214 e. The lowest BCUT2D eigenvalue weighted by Crippen LogP contribution is -2.22. The minimum absolute atomic E-state index is 0.433. The SMILES string of the molecule is Cc1nc(Sc2nc3sccn3c2CNC(C)C)n[nH]1. The van der Waals surface area contributed by atoms with Crippen molar-refractivity contribution in [3.8, 4) is 0 Å². The summed E-state index contributed by atoms with van der Waals surface area (Å²) in [5.74, 6) is 0.815. The predicted molar refractivity (Wildman–Crippen MR) is 80.3 cm³/mol. The zero-order chi connectivity index (χ0) is 14.1. The van der Waals surface area contributed by atoms with Gasteiger partial charge in [-0.2, -0.15) is 0 Å². The van der Waals surface area contributed by atoms with Crippen LogP contribution >= 0.6 is 23.1 Å². The molecule has 0 spiro atoms. The zero-order valence-corrected chi connectivity index (χ0v) is 13.2. The summed E-state index contributed by atoms with van der Waals surface area (Å²) in [7, 11) is 0. The Morgan fingerprint density at radius 1 is 1.45 bits per heavy atom. The second-order valence-corrected chi connectivity index (χ2v) is 6.59. The highest BCUT2D eigenvalue weighted by Crippen LogP contribution is 2.29. The van der Waals surface area contributed by atoms with E-state index in [0.29, 0.717) is 11.2 Å². The van der Waals surface area contributed by atoms with Crippen LogP contribution in [0.1, 0.15) is 25.4 Å². The molecular weight excluding hydrogens is 292 g/mol. The van der Waals surface area contributed by atoms with Gasteiger partial charge in [0.05, 0.1) is 5.69 Å². The molecule has 0 aromatic carbocycles. The monoisotopic (exact) mass is 308 g/mol. The predicted octanol–water partition coefficient (Wildman–Crippen LogP) is 2.47. The largest absolute Gasteiger partial charge is 0.309 e. The molecule has 3 rings (SSSR count). The number of aryl methyl sites for hydroxylation is 1. The molecule has 0 fully saturated rings. The molecule has 106 valence electrons. The van der Waals surface area contributed by atoms with E-state index in [-0.39, 0.29) is 0 Å². The quantitative estimate of drug-likeness (QED) is 0.757. The highest BCUT2D eigenvalue weighted by molar-refractivity contribution is 7.99. The van der Waals surface area contributed by atoms with Crippen LogP contribution in [-0.2, 0) is 6.54 Å². The van der Waals surface area contributed by atoms with Crippen LogP contribution in [-0.4, -0.2) is 30.6 Å². The Morgan fingerprint density at radius 3 is 3.00 bits per heavy atom. The van der Waals surface area contributed by atoms with Crippen molar-refractivity contribution in [3.63, 3.8) is 0 Å². The number of hydrogen-bond acceptors (Lipinski definition) is 6. The average molecular weight is 308 g/mol. The Kier molecular flexibility index (Phi) is 3.77. The first-order valence-electron chi connectivity index (χ1n) is 6.38. The van der Waals surface area contributed by atoms with E-state index in [1.807, 2.05) is 12.3 Å². The van der Waals surface area contributed by atoms with E-state index in [1.165, 1.54) is 11.8 Å². The molecule has 0 bridgehead atoms. The van der Waals surface area contributed by atoms with Crippen LogP contribution < -0.4 is 5.32 Å². The van der Waals surface area contributed by atoms with Crippen molar-refractivity contribution in [2.75, 3.05) is 0 Å². The van der Waals surface area contributed by atoms with Crippen molar-refractivity contribution >= 4 is 28.1 Å². The maximum absolute atomic E-state index is 4.67. The van der Waals surface area contributed by atoms with Crippen molar-refractivity contribution in [2.24, 2.45) is 0 Å². The van der Waals surface area contributed by atoms with E-state index >= 15 is 0 Å². The van der Waals surface area contributed by atoms with Crippen LogP contribution in [0.5, 0.6) is 0 Å². The number of rotatable bonds is 5. The number of fused-ring (bicyclic) bond motifs is 1. The molecule has 0 radical (unpaired) electrons. The van der Waals surface area contributed by atoms with Gasteiger partial charge in [-0.25, -0.2) is 9.97 Å². The molecule has 0 saturated carbocycles. The Hall–Kier alpha value is -1.38. The van der Waals surface area contributed by atoms with Crippen LogP contribution in [0.4, 0.5) is 0 Å². The molecule has 0 saturated heterocycles. The molecule has 0 aliphatic carbocycles. The molecule has 0 atom stereocenters. The summed E-state index contributed by atoms with van der Waals surface area (Å²) >= 11 is 3.13. The molecule has 2 N–H and O–H groups in total. The van der Waals surface area contributed by atoms with Crippen LogP contribution in [0.25, 0.3) is 4.96 Å². The summed E-state index contributed by atoms with van der Waals surface area (Å²) in [6, 6.07) is 0.433. The van der Waals surface area contributed by atoms with Gasteiger partial charge in [0.1, 0.15) is 10.9 Å². The number of aromatic nitrogens is 5. The Morgan fingerprint density at radius 2 is 2.30 bits per heavy atom. The van der Waals surface area contributed by atoms with E-state index in [2.05, 4.69) is 49.9 Å². The molecule has 0 aliphatic rings. The number of thiazole rings is 1. The summed E-state index contributed by atoms with van der Waals surface area (Å²) in [5, 5.41) is 14.2. The van der Waals surface area contributed by atoms with E-state index < -0.39 is 0 Å². The molecule has 8 heteroatoms. The van der Waals surface area contributed by atoms with Crippen molar-refractivity contribution in [1.82, 2.24) is 29.9 Å². The minimum atomic E-state index is 0.433. The van der Waals surface area contributed by atoms with Crippen LogP contribution in [0.3, 0.4) is 0 Å². The first kappa shape index (κ1) is 13.6. The average Bonchev–Trinajstić information content (AvgIpc) is 3.04. The van der Waals surface area contributed by atoms with E-state index in [9.17, 15) is 0 Å². The maximum atomic E-state index is 4.67. The highest BCUT2D eigenvalue weighted by Gasteiger charge is 2.16. The lowest BCUT2D eigenvalue weighted by atomic mass is 10.3. The molecule has 6 nitrogen and oxygen atoms in total. The fourth-order valence-corrected chi connectivity index (χ4v) is 3.47. The molecule has 3 heterocycles. The first-order valence-corrected chi connectivity index (χ1v) is 8.08.